The Morgan fingerprint density at radius 2 is 1.55 bits per heavy atom. The number of hydrogen-bond donors (Lipinski definition) is 2. The van der Waals surface area contributed by atoms with E-state index < -0.39 is 23.4 Å². The number of carbonyl (C=O) groups is 2. The van der Waals surface area contributed by atoms with Crippen LogP contribution in [0.25, 0.3) is 11.1 Å². The van der Waals surface area contributed by atoms with Crippen LogP contribution in [0.15, 0.2) is 66.7 Å². The monoisotopic (exact) mass is 416 g/mol. The highest BCUT2D eigenvalue weighted by Gasteiger charge is 2.16. The number of benzene rings is 3. The number of rotatable bonds is 5. The maximum atomic E-state index is 13.3. The number of carbonyl (C=O) groups excluding carboxylic acids is 2. The maximum absolute atomic E-state index is 13.3. The van der Waals surface area contributed by atoms with Crippen LogP contribution in [-0.4, -0.2) is 18.4 Å². The molecule has 0 bridgehead atoms. The summed E-state index contributed by atoms with van der Waals surface area (Å²) in [6.07, 6.45) is 0. The number of ether oxygens (including phenoxy) is 1. The molecular formula is C21H15ClF2N2O3. The zero-order chi connectivity index (χ0) is 20.8. The van der Waals surface area contributed by atoms with Crippen molar-refractivity contribution in [2.24, 2.45) is 0 Å². The molecule has 3 rings (SSSR count). The third kappa shape index (κ3) is 5.08. The first-order valence-corrected chi connectivity index (χ1v) is 8.84. The van der Waals surface area contributed by atoms with E-state index >= 15 is 0 Å². The SMILES string of the molecule is O=C(COc1ccccc1-c1ccccc1)NNC(=O)c1cc(F)c(F)cc1Cl. The molecule has 0 saturated carbocycles. The summed E-state index contributed by atoms with van der Waals surface area (Å²) in [6.45, 7) is -0.379. The highest BCUT2D eigenvalue weighted by atomic mass is 35.5. The molecule has 0 unspecified atom stereocenters. The van der Waals surface area contributed by atoms with E-state index in [4.69, 9.17) is 16.3 Å². The lowest BCUT2D eigenvalue weighted by atomic mass is 10.1. The predicted molar refractivity (Wildman–Crippen MR) is 104 cm³/mol. The van der Waals surface area contributed by atoms with E-state index in [1.54, 1.807) is 12.1 Å². The summed E-state index contributed by atoms with van der Waals surface area (Å²) in [5.74, 6) is -3.47. The van der Waals surface area contributed by atoms with Gasteiger partial charge in [0.2, 0.25) is 0 Å². The predicted octanol–water partition coefficient (Wildman–Crippen LogP) is 4.13. The average Bonchev–Trinajstić information content (AvgIpc) is 2.74. The van der Waals surface area contributed by atoms with Gasteiger partial charge in [-0.25, -0.2) is 8.78 Å². The molecular weight excluding hydrogens is 402 g/mol. The van der Waals surface area contributed by atoms with Crippen molar-refractivity contribution >= 4 is 23.4 Å². The van der Waals surface area contributed by atoms with Crippen molar-refractivity contribution in [1.29, 1.82) is 0 Å². The molecule has 0 aliphatic rings. The van der Waals surface area contributed by atoms with Crippen LogP contribution >= 0.6 is 11.6 Å². The van der Waals surface area contributed by atoms with Crippen LogP contribution in [0.4, 0.5) is 8.78 Å². The van der Waals surface area contributed by atoms with Crippen molar-refractivity contribution in [2.45, 2.75) is 0 Å². The van der Waals surface area contributed by atoms with E-state index in [1.807, 2.05) is 42.5 Å². The number of hydrazine groups is 1. The molecule has 8 heteroatoms. The minimum atomic E-state index is -1.23. The molecule has 0 heterocycles. The zero-order valence-corrected chi connectivity index (χ0v) is 15.7. The highest BCUT2D eigenvalue weighted by molar-refractivity contribution is 6.33. The normalized spacial score (nSPS) is 10.3. The summed E-state index contributed by atoms with van der Waals surface area (Å²) in [7, 11) is 0. The topological polar surface area (TPSA) is 67.4 Å². The molecule has 0 aromatic heterocycles. The quantitative estimate of drug-likeness (QED) is 0.485. The van der Waals surface area contributed by atoms with Crippen molar-refractivity contribution in [1.82, 2.24) is 10.9 Å². The maximum Gasteiger partial charge on any atom is 0.276 e. The van der Waals surface area contributed by atoms with Crippen LogP contribution in [0, 0.1) is 11.6 Å². The number of amides is 2. The summed E-state index contributed by atoms with van der Waals surface area (Å²) in [4.78, 5) is 24.0. The molecule has 0 aliphatic carbocycles. The first kappa shape index (κ1) is 20.3. The molecule has 0 radical (unpaired) electrons. The molecule has 3 aromatic rings. The van der Waals surface area contributed by atoms with Gasteiger partial charge in [0.25, 0.3) is 11.8 Å². The van der Waals surface area contributed by atoms with Gasteiger partial charge in [0.1, 0.15) is 5.75 Å². The minimum Gasteiger partial charge on any atom is -0.483 e. The lowest BCUT2D eigenvalue weighted by molar-refractivity contribution is -0.123. The standard InChI is InChI=1S/C21H15ClF2N2O3/c22-16-11-18(24)17(23)10-15(16)21(28)26-25-20(27)12-29-19-9-5-4-8-14(19)13-6-2-1-3-7-13/h1-11H,12H2,(H,25,27)(H,26,28). The van der Waals surface area contributed by atoms with Crippen LogP contribution < -0.4 is 15.6 Å². The lowest BCUT2D eigenvalue weighted by Gasteiger charge is -2.12. The molecule has 0 spiro atoms. The molecule has 3 aromatic carbocycles. The Kier molecular flexibility index (Phi) is 6.41. The molecule has 2 N–H and O–H groups in total. The molecule has 0 fully saturated rings. The van der Waals surface area contributed by atoms with Gasteiger partial charge in [-0.3, -0.25) is 20.4 Å². The Labute approximate surface area is 170 Å². The van der Waals surface area contributed by atoms with Gasteiger partial charge in [0.05, 0.1) is 10.6 Å². The van der Waals surface area contributed by atoms with Gasteiger partial charge in [0, 0.05) is 5.56 Å². The van der Waals surface area contributed by atoms with Crippen LogP contribution in [0.3, 0.4) is 0 Å². The van der Waals surface area contributed by atoms with Crippen LogP contribution in [0.2, 0.25) is 5.02 Å². The van der Waals surface area contributed by atoms with Crippen LogP contribution in [0.1, 0.15) is 10.4 Å². The smallest absolute Gasteiger partial charge is 0.276 e. The van der Waals surface area contributed by atoms with Gasteiger partial charge < -0.3 is 4.74 Å². The Balaban J connectivity index is 1.59. The summed E-state index contributed by atoms with van der Waals surface area (Å²) in [5.41, 5.74) is 5.62. The lowest BCUT2D eigenvalue weighted by Crippen LogP contribution is -2.44. The number of hydrogen-bond acceptors (Lipinski definition) is 3. The van der Waals surface area contributed by atoms with Crippen LogP contribution in [0.5, 0.6) is 5.75 Å². The molecule has 0 atom stereocenters. The average molecular weight is 417 g/mol. The second-order valence-corrected chi connectivity index (χ2v) is 6.31. The number of para-hydroxylation sites is 1. The molecule has 0 saturated heterocycles. The van der Waals surface area contributed by atoms with Crippen molar-refractivity contribution in [2.75, 3.05) is 6.61 Å². The third-order valence-electron chi connectivity index (χ3n) is 3.90. The van der Waals surface area contributed by atoms with Gasteiger partial charge in [-0.1, -0.05) is 60.1 Å². The van der Waals surface area contributed by atoms with Crippen LogP contribution in [-0.2, 0) is 4.79 Å². The first-order chi connectivity index (χ1) is 14.0. The van der Waals surface area contributed by atoms with Crippen molar-refractivity contribution in [3.05, 3.63) is 89.0 Å². The van der Waals surface area contributed by atoms with E-state index in [-0.39, 0.29) is 17.2 Å². The Morgan fingerprint density at radius 3 is 2.31 bits per heavy atom. The fourth-order valence-electron chi connectivity index (χ4n) is 2.52. The number of halogens is 3. The largest absolute Gasteiger partial charge is 0.483 e. The highest BCUT2D eigenvalue weighted by Crippen LogP contribution is 2.29. The second-order valence-electron chi connectivity index (χ2n) is 5.90. The number of nitrogens with one attached hydrogen (secondary N) is 2. The third-order valence-corrected chi connectivity index (χ3v) is 4.21. The Bertz CT molecular complexity index is 1050. The molecule has 0 aliphatic heterocycles. The summed E-state index contributed by atoms with van der Waals surface area (Å²) in [6, 6.07) is 18.0. The van der Waals surface area contributed by atoms with Crippen molar-refractivity contribution < 1.29 is 23.1 Å². The van der Waals surface area contributed by atoms with Crippen molar-refractivity contribution in [3.63, 3.8) is 0 Å². The van der Waals surface area contributed by atoms with Gasteiger partial charge >= 0.3 is 0 Å². The summed E-state index contributed by atoms with van der Waals surface area (Å²) >= 11 is 5.72. The van der Waals surface area contributed by atoms with E-state index in [2.05, 4.69) is 10.9 Å². The van der Waals surface area contributed by atoms with E-state index in [1.165, 1.54) is 0 Å². The van der Waals surface area contributed by atoms with Gasteiger partial charge in [-0.05, 0) is 23.8 Å². The molecule has 5 nitrogen and oxygen atoms in total. The first-order valence-electron chi connectivity index (χ1n) is 8.46. The fourth-order valence-corrected chi connectivity index (χ4v) is 2.75. The van der Waals surface area contributed by atoms with E-state index in [0.29, 0.717) is 17.9 Å². The van der Waals surface area contributed by atoms with Gasteiger partial charge in [-0.15, -0.1) is 0 Å². The second kappa shape index (κ2) is 9.16. The van der Waals surface area contributed by atoms with Gasteiger partial charge in [-0.2, -0.15) is 0 Å². The van der Waals surface area contributed by atoms with E-state index in [0.717, 1.165) is 11.1 Å². The summed E-state index contributed by atoms with van der Waals surface area (Å²) < 4.78 is 31.9. The Hall–Kier alpha value is -3.45. The minimum absolute atomic E-state index is 0.288. The fraction of sp³-hybridized carbons (Fsp3) is 0.0476. The van der Waals surface area contributed by atoms with Gasteiger partial charge in [0.15, 0.2) is 18.2 Å². The van der Waals surface area contributed by atoms with Crippen molar-refractivity contribution in [3.8, 4) is 16.9 Å². The Morgan fingerprint density at radius 1 is 0.897 bits per heavy atom. The summed E-state index contributed by atoms with van der Waals surface area (Å²) in [5, 5.41) is -0.288. The zero-order valence-electron chi connectivity index (χ0n) is 14.9. The molecule has 29 heavy (non-hydrogen) atoms. The molecule has 148 valence electrons. The molecule has 2 amide bonds. The van der Waals surface area contributed by atoms with E-state index in [9.17, 15) is 18.4 Å².